The Hall–Kier alpha value is -1.96. The number of hydrogen-bond acceptors (Lipinski definition) is 1. The quantitative estimate of drug-likeness (QED) is 0.549. The zero-order valence-corrected chi connectivity index (χ0v) is 8.91. The fourth-order valence-electron chi connectivity index (χ4n) is 1.72. The molecule has 0 aliphatic heterocycles. The van der Waals surface area contributed by atoms with Gasteiger partial charge in [-0.3, -0.25) is 4.79 Å². The second-order valence-corrected chi connectivity index (χ2v) is 3.50. The molecule has 0 radical (unpaired) electrons. The molecule has 0 aromatic heterocycles. The Morgan fingerprint density at radius 3 is 2.50 bits per heavy atom. The van der Waals surface area contributed by atoms with E-state index in [2.05, 4.69) is 0 Å². The molecule has 1 nitrogen and oxygen atoms in total. The summed E-state index contributed by atoms with van der Waals surface area (Å²) in [6.07, 6.45) is 3.17. The summed E-state index contributed by atoms with van der Waals surface area (Å²) in [4.78, 5) is 11.8. The number of hydrogen-bond donors (Lipinski definition) is 0. The summed E-state index contributed by atoms with van der Waals surface area (Å²) in [6.45, 7) is 1.78. The van der Waals surface area contributed by atoms with Crippen LogP contribution in [0.15, 0.2) is 48.6 Å². The lowest BCUT2D eigenvalue weighted by Gasteiger charge is -2.04. The average Bonchev–Trinajstić information content (AvgIpc) is 2.30. The molecule has 0 saturated carbocycles. The number of carbonyl (C=O) groups excluding carboxylic acids is 1. The van der Waals surface area contributed by atoms with Crippen molar-refractivity contribution in [1.82, 2.24) is 0 Å². The van der Waals surface area contributed by atoms with Gasteiger partial charge in [-0.05, 0) is 30.5 Å². The van der Waals surface area contributed by atoms with Gasteiger partial charge in [0.25, 0.3) is 0 Å². The SMILES string of the molecule is CC=CC(=O)c1ccc(F)c2ccccc12. The Morgan fingerprint density at radius 1 is 1.12 bits per heavy atom. The number of fused-ring (bicyclic) bond motifs is 1. The molecule has 0 unspecified atom stereocenters. The summed E-state index contributed by atoms with van der Waals surface area (Å²) < 4.78 is 13.5. The van der Waals surface area contributed by atoms with Crippen molar-refractivity contribution in [2.24, 2.45) is 0 Å². The molecular weight excluding hydrogens is 203 g/mol. The van der Waals surface area contributed by atoms with Crippen molar-refractivity contribution in [3.05, 3.63) is 59.9 Å². The fourth-order valence-corrected chi connectivity index (χ4v) is 1.72. The minimum atomic E-state index is -0.298. The molecule has 80 valence electrons. The van der Waals surface area contributed by atoms with E-state index in [9.17, 15) is 9.18 Å². The molecule has 0 atom stereocenters. The van der Waals surface area contributed by atoms with Crippen LogP contribution in [0.3, 0.4) is 0 Å². The molecule has 0 saturated heterocycles. The molecule has 0 fully saturated rings. The van der Waals surface area contributed by atoms with Gasteiger partial charge in [0, 0.05) is 10.9 Å². The third kappa shape index (κ3) is 1.74. The van der Waals surface area contributed by atoms with Gasteiger partial charge in [-0.1, -0.05) is 30.3 Å². The number of halogens is 1. The summed E-state index contributed by atoms with van der Waals surface area (Å²) in [5.41, 5.74) is 0.537. The molecule has 16 heavy (non-hydrogen) atoms. The Kier molecular flexibility index (Phi) is 2.82. The van der Waals surface area contributed by atoms with Crippen LogP contribution >= 0.6 is 0 Å². The highest BCUT2D eigenvalue weighted by Crippen LogP contribution is 2.22. The third-order valence-corrected chi connectivity index (χ3v) is 2.45. The molecule has 0 amide bonds. The minimum Gasteiger partial charge on any atom is -0.289 e. The van der Waals surface area contributed by atoms with Crippen molar-refractivity contribution >= 4 is 16.6 Å². The van der Waals surface area contributed by atoms with Gasteiger partial charge in [0.2, 0.25) is 0 Å². The number of allylic oxidation sites excluding steroid dienone is 2. The highest BCUT2D eigenvalue weighted by molar-refractivity contribution is 6.13. The molecule has 2 heteroatoms. The summed E-state index contributed by atoms with van der Waals surface area (Å²) in [5.74, 6) is -0.397. The molecule has 2 aromatic carbocycles. The Morgan fingerprint density at radius 2 is 1.81 bits per heavy atom. The van der Waals surface area contributed by atoms with Crippen molar-refractivity contribution in [3.63, 3.8) is 0 Å². The first-order valence-corrected chi connectivity index (χ1v) is 5.08. The van der Waals surface area contributed by atoms with Gasteiger partial charge in [0.15, 0.2) is 5.78 Å². The largest absolute Gasteiger partial charge is 0.289 e. The Bertz CT molecular complexity index is 570. The zero-order valence-electron chi connectivity index (χ0n) is 8.91. The van der Waals surface area contributed by atoms with Crippen LogP contribution in [-0.4, -0.2) is 5.78 Å². The van der Waals surface area contributed by atoms with Crippen LogP contribution in [0.4, 0.5) is 4.39 Å². The van der Waals surface area contributed by atoms with Gasteiger partial charge in [-0.25, -0.2) is 4.39 Å². The van der Waals surface area contributed by atoms with Crippen molar-refractivity contribution in [1.29, 1.82) is 0 Å². The first-order valence-electron chi connectivity index (χ1n) is 5.08. The molecule has 2 aromatic rings. The highest BCUT2D eigenvalue weighted by atomic mass is 19.1. The number of benzene rings is 2. The van der Waals surface area contributed by atoms with Gasteiger partial charge in [0.05, 0.1) is 0 Å². The molecule has 0 N–H and O–H groups in total. The van der Waals surface area contributed by atoms with Gasteiger partial charge >= 0.3 is 0 Å². The second kappa shape index (κ2) is 4.27. The second-order valence-electron chi connectivity index (χ2n) is 3.50. The molecule has 0 aliphatic rings. The van der Waals surface area contributed by atoms with E-state index in [-0.39, 0.29) is 11.6 Å². The standard InChI is InChI=1S/C14H11FO/c1-2-5-14(16)12-8-9-13(15)11-7-4-3-6-10(11)12/h2-9H,1H3. The third-order valence-electron chi connectivity index (χ3n) is 2.45. The molecule has 0 heterocycles. The molecular formula is C14H11FO. The summed E-state index contributed by atoms with van der Waals surface area (Å²) in [5, 5.41) is 1.14. The Labute approximate surface area is 93.2 Å². The number of ketones is 1. The summed E-state index contributed by atoms with van der Waals surface area (Å²) in [7, 11) is 0. The van der Waals surface area contributed by atoms with E-state index < -0.39 is 0 Å². The van der Waals surface area contributed by atoms with Crippen LogP contribution in [-0.2, 0) is 0 Å². The van der Waals surface area contributed by atoms with E-state index in [1.54, 1.807) is 37.3 Å². The number of carbonyl (C=O) groups is 1. The van der Waals surface area contributed by atoms with Crippen LogP contribution in [0.5, 0.6) is 0 Å². The van der Waals surface area contributed by atoms with Crippen molar-refractivity contribution in [3.8, 4) is 0 Å². The van der Waals surface area contributed by atoms with E-state index in [1.807, 2.05) is 0 Å². The predicted molar refractivity (Wildman–Crippen MR) is 63.1 cm³/mol. The van der Waals surface area contributed by atoms with E-state index in [1.165, 1.54) is 18.2 Å². The van der Waals surface area contributed by atoms with Gasteiger partial charge < -0.3 is 0 Å². The van der Waals surface area contributed by atoms with Crippen LogP contribution in [0.25, 0.3) is 10.8 Å². The Balaban J connectivity index is 2.72. The molecule has 0 spiro atoms. The van der Waals surface area contributed by atoms with Crippen LogP contribution < -0.4 is 0 Å². The van der Waals surface area contributed by atoms with Gasteiger partial charge in [-0.15, -0.1) is 0 Å². The summed E-state index contributed by atoms with van der Waals surface area (Å²) >= 11 is 0. The van der Waals surface area contributed by atoms with E-state index in [4.69, 9.17) is 0 Å². The minimum absolute atomic E-state index is 0.0984. The first kappa shape index (κ1) is 10.6. The maximum atomic E-state index is 13.5. The predicted octanol–water partition coefficient (Wildman–Crippen LogP) is 3.74. The lowest BCUT2D eigenvalue weighted by atomic mass is 10.0. The van der Waals surface area contributed by atoms with Crippen molar-refractivity contribution in [2.45, 2.75) is 6.92 Å². The normalized spacial score (nSPS) is 11.1. The summed E-state index contributed by atoms with van der Waals surface area (Å²) in [6, 6.07) is 9.86. The van der Waals surface area contributed by atoms with Crippen LogP contribution in [0.1, 0.15) is 17.3 Å². The maximum Gasteiger partial charge on any atom is 0.186 e. The monoisotopic (exact) mass is 214 g/mol. The smallest absolute Gasteiger partial charge is 0.186 e. The van der Waals surface area contributed by atoms with E-state index in [0.717, 1.165) is 0 Å². The van der Waals surface area contributed by atoms with E-state index in [0.29, 0.717) is 16.3 Å². The lowest BCUT2D eigenvalue weighted by Crippen LogP contribution is -1.96. The average molecular weight is 214 g/mol. The molecule has 2 rings (SSSR count). The first-order chi connectivity index (χ1) is 7.74. The van der Waals surface area contributed by atoms with E-state index >= 15 is 0 Å². The van der Waals surface area contributed by atoms with Crippen LogP contribution in [0, 0.1) is 5.82 Å². The van der Waals surface area contributed by atoms with Crippen LogP contribution in [0.2, 0.25) is 0 Å². The van der Waals surface area contributed by atoms with Gasteiger partial charge in [0.1, 0.15) is 5.82 Å². The lowest BCUT2D eigenvalue weighted by molar-refractivity contribution is 0.104. The van der Waals surface area contributed by atoms with Crippen molar-refractivity contribution in [2.75, 3.05) is 0 Å². The van der Waals surface area contributed by atoms with Gasteiger partial charge in [-0.2, -0.15) is 0 Å². The van der Waals surface area contributed by atoms with Crippen molar-refractivity contribution < 1.29 is 9.18 Å². The fraction of sp³-hybridized carbons (Fsp3) is 0.0714. The maximum absolute atomic E-state index is 13.5. The molecule has 0 bridgehead atoms. The molecule has 0 aliphatic carbocycles. The highest BCUT2D eigenvalue weighted by Gasteiger charge is 2.09. The zero-order chi connectivity index (χ0) is 11.5. The number of rotatable bonds is 2. The topological polar surface area (TPSA) is 17.1 Å².